The minimum absolute atomic E-state index is 0.628. The molecule has 0 fully saturated rings. The smallest absolute Gasteiger partial charge is 0.150 e. The van der Waals surface area contributed by atoms with Crippen LogP contribution in [0.15, 0.2) is 66.7 Å². The fourth-order valence-corrected chi connectivity index (χ4v) is 4.35. The average Bonchev–Trinajstić information content (AvgIpc) is 3.16. The van der Waals surface area contributed by atoms with Gasteiger partial charge in [0.25, 0.3) is 0 Å². The number of aldehydes is 1. The minimum Gasteiger partial charge on any atom is -0.496 e. The molecule has 4 aromatic rings. The number of methoxy groups -OCH3 is 2. The van der Waals surface area contributed by atoms with E-state index in [4.69, 9.17) is 9.47 Å². The van der Waals surface area contributed by atoms with Crippen LogP contribution in [0.5, 0.6) is 11.5 Å². The van der Waals surface area contributed by atoms with Gasteiger partial charge in [0.05, 0.1) is 14.2 Å². The van der Waals surface area contributed by atoms with E-state index in [1.54, 1.807) is 25.6 Å². The fourth-order valence-electron chi connectivity index (χ4n) is 3.26. The molecular weight excluding hydrogens is 356 g/mol. The molecule has 0 aliphatic carbocycles. The molecule has 0 aliphatic rings. The van der Waals surface area contributed by atoms with Crippen LogP contribution >= 0.6 is 11.3 Å². The molecule has 0 radical (unpaired) electrons. The zero-order valence-corrected chi connectivity index (χ0v) is 15.9. The van der Waals surface area contributed by atoms with E-state index in [-0.39, 0.29) is 0 Å². The monoisotopic (exact) mass is 374 g/mol. The van der Waals surface area contributed by atoms with Gasteiger partial charge in [0.15, 0.2) is 6.29 Å². The van der Waals surface area contributed by atoms with Gasteiger partial charge in [0.2, 0.25) is 0 Å². The third-order valence-corrected chi connectivity index (χ3v) is 5.74. The van der Waals surface area contributed by atoms with E-state index in [0.717, 1.165) is 33.6 Å². The number of carbonyl (C=O) groups is 1. The Hall–Kier alpha value is -3.11. The van der Waals surface area contributed by atoms with Crippen molar-refractivity contribution in [2.45, 2.75) is 0 Å². The van der Waals surface area contributed by atoms with Crippen LogP contribution in [-0.2, 0) is 0 Å². The first-order chi connectivity index (χ1) is 13.2. The van der Waals surface area contributed by atoms with Gasteiger partial charge in [-0.15, -0.1) is 11.3 Å². The highest BCUT2D eigenvalue weighted by molar-refractivity contribution is 7.22. The number of benzene rings is 3. The molecule has 0 spiro atoms. The molecular formula is C23H18O3S. The molecule has 1 aromatic heterocycles. The molecule has 134 valence electrons. The fraction of sp³-hybridized carbons (Fsp3) is 0.0870. The summed E-state index contributed by atoms with van der Waals surface area (Å²) in [5, 5.41) is 1.20. The number of ether oxygens (including phenoxy) is 2. The number of hydrogen-bond acceptors (Lipinski definition) is 4. The highest BCUT2D eigenvalue weighted by Crippen LogP contribution is 2.44. The maximum absolute atomic E-state index is 11.5. The van der Waals surface area contributed by atoms with Crippen molar-refractivity contribution in [2.75, 3.05) is 14.2 Å². The van der Waals surface area contributed by atoms with Gasteiger partial charge in [-0.25, -0.2) is 0 Å². The Kier molecular flexibility index (Phi) is 4.65. The van der Waals surface area contributed by atoms with Crippen molar-refractivity contribution in [3.8, 4) is 33.1 Å². The highest BCUT2D eigenvalue weighted by atomic mass is 32.1. The second kappa shape index (κ2) is 7.25. The van der Waals surface area contributed by atoms with Crippen molar-refractivity contribution < 1.29 is 14.3 Å². The summed E-state index contributed by atoms with van der Waals surface area (Å²) in [5.41, 5.74) is 3.32. The van der Waals surface area contributed by atoms with Crippen LogP contribution in [0.3, 0.4) is 0 Å². The second-order valence-electron chi connectivity index (χ2n) is 6.11. The summed E-state index contributed by atoms with van der Waals surface area (Å²) in [6.45, 7) is 0. The first-order valence-corrected chi connectivity index (χ1v) is 9.36. The SMILES string of the molecule is COc1cc(OC)c(-c2ccccc2C=O)cc1-c1cc2ccccc2s1. The van der Waals surface area contributed by atoms with Crippen LogP contribution in [0.25, 0.3) is 31.7 Å². The molecule has 3 aromatic carbocycles. The molecule has 0 amide bonds. The highest BCUT2D eigenvalue weighted by Gasteiger charge is 2.17. The lowest BCUT2D eigenvalue weighted by Gasteiger charge is -2.15. The summed E-state index contributed by atoms with van der Waals surface area (Å²) in [5.74, 6) is 1.41. The maximum Gasteiger partial charge on any atom is 0.150 e. The van der Waals surface area contributed by atoms with E-state index in [1.807, 2.05) is 48.5 Å². The largest absolute Gasteiger partial charge is 0.496 e. The standard InChI is InChI=1S/C23H18O3S/c1-25-20-13-21(26-2)19(23-11-15-7-4-6-10-22(15)27-23)12-18(20)17-9-5-3-8-16(17)14-24/h3-14H,1-2H3. The Labute approximate surface area is 161 Å². The molecule has 4 heteroatoms. The van der Waals surface area contributed by atoms with Crippen molar-refractivity contribution >= 4 is 27.7 Å². The molecule has 0 saturated carbocycles. The van der Waals surface area contributed by atoms with E-state index in [2.05, 4.69) is 18.2 Å². The van der Waals surface area contributed by atoms with Gasteiger partial charge >= 0.3 is 0 Å². The third-order valence-electron chi connectivity index (χ3n) is 4.59. The Balaban J connectivity index is 1.97. The lowest BCUT2D eigenvalue weighted by atomic mass is 9.96. The molecule has 27 heavy (non-hydrogen) atoms. The van der Waals surface area contributed by atoms with Crippen molar-refractivity contribution in [1.82, 2.24) is 0 Å². The quantitative estimate of drug-likeness (QED) is 0.398. The molecule has 3 nitrogen and oxygen atoms in total. The third kappa shape index (κ3) is 3.09. The minimum atomic E-state index is 0.628. The zero-order chi connectivity index (χ0) is 18.8. The van der Waals surface area contributed by atoms with E-state index < -0.39 is 0 Å². The normalized spacial score (nSPS) is 10.7. The van der Waals surface area contributed by atoms with Crippen LogP contribution < -0.4 is 9.47 Å². The van der Waals surface area contributed by atoms with Crippen molar-refractivity contribution in [1.29, 1.82) is 0 Å². The molecule has 0 bridgehead atoms. The predicted molar refractivity (Wildman–Crippen MR) is 111 cm³/mol. The van der Waals surface area contributed by atoms with Gasteiger partial charge in [-0.05, 0) is 29.1 Å². The van der Waals surface area contributed by atoms with Crippen molar-refractivity contribution in [3.05, 3.63) is 72.3 Å². The predicted octanol–water partition coefficient (Wildman–Crippen LogP) is 6.07. The van der Waals surface area contributed by atoms with Crippen molar-refractivity contribution in [2.24, 2.45) is 0 Å². The van der Waals surface area contributed by atoms with Gasteiger partial charge in [0.1, 0.15) is 11.5 Å². The molecule has 0 saturated heterocycles. The van der Waals surface area contributed by atoms with Gasteiger partial charge < -0.3 is 9.47 Å². The summed E-state index contributed by atoms with van der Waals surface area (Å²) in [7, 11) is 3.28. The van der Waals surface area contributed by atoms with Gasteiger partial charge in [0, 0.05) is 32.3 Å². The zero-order valence-electron chi connectivity index (χ0n) is 15.1. The number of carbonyl (C=O) groups excluding carboxylic acids is 1. The van der Waals surface area contributed by atoms with Gasteiger partial charge in [-0.1, -0.05) is 42.5 Å². The van der Waals surface area contributed by atoms with E-state index in [0.29, 0.717) is 11.3 Å². The number of fused-ring (bicyclic) bond motifs is 1. The Bertz CT molecular complexity index is 1090. The van der Waals surface area contributed by atoms with Crippen LogP contribution in [0.4, 0.5) is 0 Å². The Morgan fingerprint density at radius 3 is 2.22 bits per heavy atom. The van der Waals surface area contributed by atoms with Crippen molar-refractivity contribution in [3.63, 3.8) is 0 Å². The van der Waals surface area contributed by atoms with E-state index >= 15 is 0 Å². The number of thiophene rings is 1. The molecule has 1 heterocycles. The summed E-state index contributed by atoms with van der Waals surface area (Å²) in [4.78, 5) is 12.6. The van der Waals surface area contributed by atoms with E-state index in [9.17, 15) is 4.79 Å². The lowest BCUT2D eigenvalue weighted by molar-refractivity contribution is 0.112. The van der Waals surface area contributed by atoms with Crippen LogP contribution in [0.2, 0.25) is 0 Å². The Morgan fingerprint density at radius 1 is 0.778 bits per heavy atom. The maximum atomic E-state index is 11.5. The molecule has 0 N–H and O–H groups in total. The molecule has 0 atom stereocenters. The second-order valence-corrected chi connectivity index (χ2v) is 7.19. The summed E-state index contributed by atoms with van der Waals surface area (Å²) >= 11 is 1.72. The number of rotatable bonds is 5. The van der Waals surface area contributed by atoms with Gasteiger partial charge in [-0.2, -0.15) is 0 Å². The first-order valence-electron chi connectivity index (χ1n) is 8.54. The number of hydrogen-bond donors (Lipinski definition) is 0. The molecule has 4 rings (SSSR count). The summed E-state index contributed by atoms with van der Waals surface area (Å²) in [6.07, 6.45) is 0.873. The van der Waals surface area contributed by atoms with Gasteiger partial charge in [-0.3, -0.25) is 4.79 Å². The Morgan fingerprint density at radius 2 is 1.48 bits per heavy atom. The van der Waals surface area contributed by atoms with Crippen LogP contribution in [0, 0.1) is 0 Å². The van der Waals surface area contributed by atoms with Crippen LogP contribution in [-0.4, -0.2) is 20.5 Å². The topological polar surface area (TPSA) is 35.5 Å². The average molecular weight is 374 g/mol. The molecule has 0 aliphatic heterocycles. The lowest BCUT2D eigenvalue weighted by Crippen LogP contribution is -1.95. The van der Waals surface area contributed by atoms with E-state index in [1.165, 1.54) is 10.1 Å². The first kappa shape index (κ1) is 17.3. The molecule has 0 unspecified atom stereocenters. The summed E-state index contributed by atoms with van der Waals surface area (Å²) in [6, 6.07) is 21.9. The van der Waals surface area contributed by atoms with Crippen LogP contribution in [0.1, 0.15) is 10.4 Å². The summed E-state index contributed by atoms with van der Waals surface area (Å²) < 4.78 is 12.5.